The predicted molar refractivity (Wildman–Crippen MR) is 165 cm³/mol. The molecule has 0 aromatic heterocycles. The van der Waals surface area contributed by atoms with Crippen LogP contribution in [0.25, 0.3) is 39.1 Å². The van der Waals surface area contributed by atoms with Crippen molar-refractivity contribution < 1.29 is 9.47 Å². The highest BCUT2D eigenvalue weighted by atomic mass is 16.5. The van der Waals surface area contributed by atoms with Gasteiger partial charge in [0.25, 0.3) is 0 Å². The van der Waals surface area contributed by atoms with E-state index in [2.05, 4.69) is 127 Å². The van der Waals surface area contributed by atoms with Gasteiger partial charge >= 0.3 is 0 Å². The van der Waals surface area contributed by atoms with E-state index in [9.17, 15) is 0 Å². The van der Waals surface area contributed by atoms with Crippen molar-refractivity contribution in [2.45, 2.75) is 5.60 Å². The van der Waals surface area contributed by atoms with Crippen molar-refractivity contribution >= 4 is 16.8 Å². The topological polar surface area (TPSA) is 18.5 Å². The quantitative estimate of drug-likeness (QED) is 0.227. The summed E-state index contributed by atoms with van der Waals surface area (Å²) in [4.78, 5) is 0. The highest BCUT2D eigenvalue weighted by Crippen LogP contribution is 2.44. The first kappa shape index (κ1) is 24.0. The van der Waals surface area contributed by atoms with E-state index >= 15 is 0 Å². The van der Waals surface area contributed by atoms with E-state index in [-0.39, 0.29) is 0 Å². The molecule has 2 heteroatoms. The summed E-state index contributed by atoms with van der Waals surface area (Å²) in [6.45, 7) is 0. The molecule has 0 saturated carbocycles. The number of methoxy groups -OCH3 is 1. The van der Waals surface area contributed by atoms with Crippen LogP contribution in [0.15, 0.2) is 146 Å². The highest BCUT2D eigenvalue weighted by molar-refractivity contribution is 6.06. The summed E-state index contributed by atoms with van der Waals surface area (Å²) in [7, 11) is 1.70. The molecular formula is C38H28O2. The van der Waals surface area contributed by atoms with Crippen LogP contribution in [0.3, 0.4) is 0 Å². The molecule has 0 bridgehead atoms. The molecule has 6 aromatic carbocycles. The Balaban J connectivity index is 1.35. The minimum atomic E-state index is -0.683. The van der Waals surface area contributed by atoms with Crippen LogP contribution in [-0.2, 0) is 5.60 Å². The van der Waals surface area contributed by atoms with E-state index in [0.29, 0.717) is 0 Å². The molecule has 7 rings (SSSR count). The Morgan fingerprint density at radius 3 is 1.80 bits per heavy atom. The van der Waals surface area contributed by atoms with Crippen molar-refractivity contribution in [2.24, 2.45) is 0 Å². The summed E-state index contributed by atoms with van der Waals surface area (Å²) in [5, 5.41) is 2.45. The number of benzene rings is 6. The summed E-state index contributed by atoms with van der Waals surface area (Å²) in [5.41, 5.74) is 7.31. The fourth-order valence-electron chi connectivity index (χ4n) is 5.79. The van der Waals surface area contributed by atoms with E-state index < -0.39 is 5.60 Å². The molecular weight excluding hydrogens is 488 g/mol. The zero-order valence-electron chi connectivity index (χ0n) is 22.3. The molecule has 2 nitrogen and oxygen atoms in total. The van der Waals surface area contributed by atoms with Crippen LogP contribution in [0, 0.1) is 0 Å². The number of rotatable bonds is 5. The minimum Gasteiger partial charge on any atom is -0.497 e. The van der Waals surface area contributed by atoms with Gasteiger partial charge in [-0.15, -0.1) is 0 Å². The molecule has 0 amide bonds. The van der Waals surface area contributed by atoms with Crippen molar-refractivity contribution in [1.82, 2.24) is 0 Å². The van der Waals surface area contributed by atoms with Gasteiger partial charge in [0.1, 0.15) is 11.5 Å². The fraction of sp³-hybridized carbons (Fsp3) is 0.0526. The number of fused-ring (bicyclic) bond motifs is 2. The molecule has 0 radical (unpaired) electrons. The third kappa shape index (κ3) is 4.06. The minimum absolute atomic E-state index is 0.683. The largest absolute Gasteiger partial charge is 0.497 e. The second-order valence-electron chi connectivity index (χ2n) is 10.1. The van der Waals surface area contributed by atoms with Crippen molar-refractivity contribution in [1.29, 1.82) is 0 Å². The van der Waals surface area contributed by atoms with Crippen LogP contribution in [-0.4, -0.2) is 7.11 Å². The van der Waals surface area contributed by atoms with Gasteiger partial charge in [-0.3, -0.25) is 0 Å². The Hall–Kier alpha value is -5.08. The van der Waals surface area contributed by atoms with Crippen LogP contribution in [0.1, 0.15) is 16.7 Å². The van der Waals surface area contributed by atoms with Gasteiger partial charge in [-0.05, 0) is 63.4 Å². The van der Waals surface area contributed by atoms with Crippen LogP contribution < -0.4 is 9.47 Å². The van der Waals surface area contributed by atoms with Crippen LogP contribution in [0.5, 0.6) is 11.5 Å². The lowest BCUT2D eigenvalue weighted by Crippen LogP contribution is -2.34. The van der Waals surface area contributed by atoms with Gasteiger partial charge in [0, 0.05) is 16.7 Å². The van der Waals surface area contributed by atoms with Crippen LogP contribution in [0.4, 0.5) is 0 Å². The average molecular weight is 517 g/mol. The summed E-state index contributed by atoms with van der Waals surface area (Å²) < 4.78 is 12.3. The second kappa shape index (κ2) is 9.91. The van der Waals surface area contributed by atoms with Gasteiger partial charge in [-0.25, -0.2) is 0 Å². The predicted octanol–water partition coefficient (Wildman–Crippen LogP) is 9.53. The Morgan fingerprint density at radius 1 is 0.575 bits per heavy atom. The number of ether oxygens (including phenoxy) is 2. The first-order chi connectivity index (χ1) is 19.7. The van der Waals surface area contributed by atoms with Gasteiger partial charge in [0.15, 0.2) is 5.60 Å². The standard InChI is InChI=1S/C38H28O2/c1-39-33-21-18-27(19-22-33)34-16-8-10-28-11-9-17-35(37(28)34)29-20-23-36-30(26-29)24-25-38(40-36,31-12-4-2-5-13-31)32-14-6-3-7-15-32/h2-26H,1H3. The molecule has 1 aliphatic rings. The lowest BCUT2D eigenvalue weighted by atomic mass is 9.83. The van der Waals surface area contributed by atoms with Crippen molar-refractivity contribution in [3.05, 3.63) is 162 Å². The number of hydrogen-bond donors (Lipinski definition) is 0. The Kier molecular flexibility index (Phi) is 5.94. The van der Waals surface area contributed by atoms with Crippen LogP contribution in [0.2, 0.25) is 0 Å². The molecule has 0 spiro atoms. The average Bonchev–Trinajstić information content (AvgIpc) is 3.04. The summed E-state index contributed by atoms with van der Waals surface area (Å²) >= 11 is 0. The maximum Gasteiger partial charge on any atom is 0.178 e. The summed E-state index contributed by atoms with van der Waals surface area (Å²) in [6.07, 6.45) is 4.40. The molecule has 0 aliphatic carbocycles. The van der Waals surface area contributed by atoms with E-state index in [0.717, 1.165) is 39.3 Å². The Bertz CT molecular complexity index is 1790. The van der Waals surface area contributed by atoms with Gasteiger partial charge < -0.3 is 9.47 Å². The normalized spacial score (nSPS) is 13.4. The Labute approximate surface area is 234 Å². The zero-order valence-corrected chi connectivity index (χ0v) is 22.3. The van der Waals surface area contributed by atoms with Crippen molar-refractivity contribution in [2.75, 3.05) is 7.11 Å². The first-order valence-corrected chi connectivity index (χ1v) is 13.6. The maximum absolute atomic E-state index is 6.89. The third-order valence-electron chi connectivity index (χ3n) is 7.80. The van der Waals surface area contributed by atoms with Crippen molar-refractivity contribution in [3.63, 3.8) is 0 Å². The maximum atomic E-state index is 6.89. The van der Waals surface area contributed by atoms with Gasteiger partial charge in [-0.1, -0.05) is 121 Å². The molecule has 0 unspecified atom stereocenters. The van der Waals surface area contributed by atoms with E-state index in [1.807, 2.05) is 24.3 Å². The molecule has 6 aromatic rings. The van der Waals surface area contributed by atoms with Gasteiger partial charge in [-0.2, -0.15) is 0 Å². The zero-order chi connectivity index (χ0) is 26.9. The summed E-state index contributed by atoms with van der Waals surface area (Å²) in [6, 6.07) is 48.7. The first-order valence-electron chi connectivity index (χ1n) is 13.6. The third-order valence-corrected chi connectivity index (χ3v) is 7.80. The summed E-state index contributed by atoms with van der Waals surface area (Å²) in [5.74, 6) is 1.72. The molecule has 192 valence electrons. The van der Waals surface area contributed by atoms with Gasteiger partial charge in [0.05, 0.1) is 7.11 Å². The second-order valence-corrected chi connectivity index (χ2v) is 10.1. The van der Waals surface area contributed by atoms with E-state index in [1.54, 1.807) is 7.11 Å². The lowest BCUT2D eigenvalue weighted by molar-refractivity contribution is 0.161. The highest BCUT2D eigenvalue weighted by Gasteiger charge is 2.36. The fourth-order valence-corrected chi connectivity index (χ4v) is 5.79. The molecule has 0 N–H and O–H groups in total. The molecule has 0 atom stereocenters. The van der Waals surface area contributed by atoms with Crippen LogP contribution >= 0.6 is 0 Å². The SMILES string of the molecule is COc1ccc(-c2cccc3cccc(-c4ccc5c(c4)C=CC(c4ccccc4)(c4ccccc4)O5)c23)cc1. The molecule has 1 aliphatic heterocycles. The molecule has 40 heavy (non-hydrogen) atoms. The number of hydrogen-bond acceptors (Lipinski definition) is 2. The van der Waals surface area contributed by atoms with E-state index in [1.165, 1.54) is 21.9 Å². The monoisotopic (exact) mass is 516 g/mol. The molecule has 0 fully saturated rings. The molecule has 1 heterocycles. The van der Waals surface area contributed by atoms with Gasteiger partial charge in [0.2, 0.25) is 0 Å². The smallest absolute Gasteiger partial charge is 0.178 e. The molecule has 0 saturated heterocycles. The van der Waals surface area contributed by atoms with Crippen molar-refractivity contribution in [3.8, 4) is 33.8 Å². The lowest BCUT2D eigenvalue weighted by Gasteiger charge is -2.36. The Morgan fingerprint density at radius 2 is 1.18 bits per heavy atom. The van der Waals surface area contributed by atoms with E-state index in [4.69, 9.17) is 9.47 Å².